The van der Waals surface area contributed by atoms with Gasteiger partial charge in [-0.3, -0.25) is 0 Å². The Bertz CT molecular complexity index is 626. The summed E-state index contributed by atoms with van der Waals surface area (Å²) in [5.74, 6) is 1.95. The van der Waals surface area contributed by atoms with E-state index in [0.717, 1.165) is 15.8 Å². The number of hydrogen-bond donors (Lipinski definition) is 1. The number of ether oxygens (including phenoxy) is 1. The second-order valence-corrected chi connectivity index (χ2v) is 6.36. The Labute approximate surface area is 134 Å². The number of halogens is 1. The van der Waals surface area contributed by atoms with E-state index in [2.05, 4.69) is 65.2 Å². The van der Waals surface area contributed by atoms with Crippen LogP contribution in [-0.2, 0) is 6.54 Å². The molecule has 0 fully saturated rings. The number of hydrogen-bond acceptors (Lipinski definition) is 3. The summed E-state index contributed by atoms with van der Waals surface area (Å²) in [5, 5.41) is 3.15. The van der Waals surface area contributed by atoms with Crippen molar-refractivity contribution in [3.63, 3.8) is 0 Å². The summed E-state index contributed by atoms with van der Waals surface area (Å²) in [4.78, 5) is 4.41. The van der Waals surface area contributed by atoms with E-state index >= 15 is 0 Å². The van der Waals surface area contributed by atoms with Crippen LogP contribution in [0.1, 0.15) is 36.5 Å². The van der Waals surface area contributed by atoms with E-state index in [1.165, 1.54) is 11.1 Å². The van der Waals surface area contributed by atoms with E-state index in [4.69, 9.17) is 4.74 Å². The molecule has 0 spiro atoms. The van der Waals surface area contributed by atoms with E-state index in [-0.39, 0.29) is 0 Å². The third kappa shape index (κ3) is 4.05. The van der Waals surface area contributed by atoms with Gasteiger partial charge in [0, 0.05) is 22.8 Å². The number of nitrogens with zero attached hydrogens (tertiary/aromatic N) is 1. The second kappa shape index (κ2) is 7.05. The van der Waals surface area contributed by atoms with Crippen molar-refractivity contribution in [2.45, 2.75) is 33.2 Å². The zero-order chi connectivity index (χ0) is 15.4. The molecule has 1 heterocycles. The Balaban J connectivity index is 2.40. The first-order valence-electron chi connectivity index (χ1n) is 7.08. The van der Waals surface area contributed by atoms with Crippen molar-refractivity contribution in [1.29, 1.82) is 0 Å². The lowest BCUT2D eigenvalue weighted by Gasteiger charge is -2.16. The normalized spacial score (nSPS) is 11.0. The fourth-order valence-corrected chi connectivity index (χ4v) is 2.57. The number of benzene rings is 1. The van der Waals surface area contributed by atoms with E-state index in [0.29, 0.717) is 18.3 Å². The highest BCUT2D eigenvalue weighted by atomic mass is 79.9. The molecule has 0 aliphatic carbocycles. The Morgan fingerprint density at radius 2 is 2.05 bits per heavy atom. The molecule has 0 aliphatic rings. The molecule has 112 valence electrons. The summed E-state index contributed by atoms with van der Waals surface area (Å²) in [5.41, 5.74) is 3.41. The molecule has 2 aromatic rings. The van der Waals surface area contributed by atoms with Crippen molar-refractivity contribution >= 4 is 15.9 Å². The summed E-state index contributed by atoms with van der Waals surface area (Å²) in [7, 11) is 1.91. The summed E-state index contributed by atoms with van der Waals surface area (Å²) in [6.45, 7) is 7.12. The third-order valence-electron chi connectivity index (χ3n) is 3.26. The fraction of sp³-hybridized carbons (Fsp3) is 0.353. The van der Waals surface area contributed by atoms with Crippen molar-refractivity contribution in [1.82, 2.24) is 10.3 Å². The maximum Gasteiger partial charge on any atom is 0.223 e. The highest BCUT2D eigenvalue weighted by Crippen LogP contribution is 2.32. The molecular formula is C17H21BrN2O. The van der Waals surface area contributed by atoms with Gasteiger partial charge in [0.05, 0.1) is 0 Å². The standard InChI is InChI=1S/C17H21BrN2O/c1-11(2)15-6-5-12(3)7-16(15)21-17-13(9-19-4)8-14(18)10-20-17/h5-8,10-11,19H,9H2,1-4H3. The van der Waals surface area contributed by atoms with Crippen LogP contribution in [0.25, 0.3) is 0 Å². The Hall–Kier alpha value is -1.39. The van der Waals surface area contributed by atoms with Crippen LogP contribution >= 0.6 is 15.9 Å². The SMILES string of the molecule is CNCc1cc(Br)cnc1Oc1cc(C)ccc1C(C)C. The Morgan fingerprint density at radius 3 is 2.71 bits per heavy atom. The van der Waals surface area contributed by atoms with E-state index in [9.17, 15) is 0 Å². The van der Waals surface area contributed by atoms with E-state index in [1.807, 2.05) is 13.1 Å². The van der Waals surface area contributed by atoms with Crippen LogP contribution < -0.4 is 10.1 Å². The van der Waals surface area contributed by atoms with Crippen LogP contribution in [0.5, 0.6) is 11.6 Å². The predicted octanol–water partition coefficient (Wildman–Crippen LogP) is 4.79. The Kier molecular flexibility index (Phi) is 5.37. The zero-order valence-corrected chi connectivity index (χ0v) is 14.5. The fourth-order valence-electron chi connectivity index (χ4n) is 2.19. The van der Waals surface area contributed by atoms with Crippen LogP contribution in [0.15, 0.2) is 34.9 Å². The molecule has 0 atom stereocenters. The van der Waals surface area contributed by atoms with Crippen molar-refractivity contribution in [2.75, 3.05) is 7.05 Å². The summed E-state index contributed by atoms with van der Waals surface area (Å²) >= 11 is 3.46. The van der Waals surface area contributed by atoms with Gasteiger partial charge in [-0.05, 0) is 59.1 Å². The number of aromatic nitrogens is 1. The minimum absolute atomic E-state index is 0.406. The second-order valence-electron chi connectivity index (χ2n) is 5.45. The molecule has 4 heteroatoms. The van der Waals surface area contributed by atoms with Crippen molar-refractivity contribution < 1.29 is 4.74 Å². The van der Waals surface area contributed by atoms with Gasteiger partial charge in [-0.1, -0.05) is 26.0 Å². The topological polar surface area (TPSA) is 34.2 Å². The number of aryl methyl sites for hydroxylation is 1. The van der Waals surface area contributed by atoms with Gasteiger partial charge in [-0.15, -0.1) is 0 Å². The van der Waals surface area contributed by atoms with Gasteiger partial charge in [0.2, 0.25) is 5.88 Å². The van der Waals surface area contributed by atoms with Gasteiger partial charge in [-0.2, -0.15) is 0 Å². The predicted molar refractivity (Wildman–Crippen MR) is 90.0 cm³/mol. The average molecular weight is 349 g/mol. The van der Waals surface area contributed by atoms with Gasteiger partial charge in [0.15, 0.2) is 0 Å². The molecule has 0 amide bonds. The number of pyridine rings is 1. The molecule has 0 unspecified atom stereocenters. The van der Waals surface area contributed by atoms with Gasteiger partial charge >= 0.3 is 0 Å². The molecule has 0 bridgehead atoms. The van der Waals surface area contributed by atoms with E-state index < -0.39 is 0 Å². The van der Waals surface area contributed by atoms with Crippen molar-refractivity contribution in [3.05, 3.63) is 51.6 Å². The largest absolute Gasteiger partial charge is 0.438 e. The first kappa shape index (κ1) is 16.0. The molecule has 1 N–H and O–H groups in total. The van der Waals surface area contributed by atoms with Crippen LogP contribution in [0.2, 0.25) is 0 Å². The van der Waals surface area contributed by atoms with Gasteiger partial charge in [0.25, 0.3) is 0 Å². The van der Waals surface area contributed by atoms with Gasteiger partial charge < -0.3 is 10.1 Å². The molecule has 0 saturated heterocycles. The zero-order valence-electron chi connectivity index (χ0n) is 12.9. The quantitative estimate of drug-likeness (QED) is 0.843. The lowest BCUT2D eigenvalue weighted by atomic mass is 10.0. The van der Waals surface area contributed by atoms with Crippen LogP contribution in [-0.4, -0.2) is 12.0 Å². The van der Waals surface area contributed by atoms with Crippen molar-refractivity contribution in [3.8, 4) is 11.6 Å². The molecule has 1 aromatic carbocycles. The highest BCUT2D eigenvalue weighted by Gasteiger charge is 2.12. The molecule has 3 nitrogen and oxygen atoms in total. The van der Waals surface area contributed by atoms with Crippen molar-refractivity contribution in [2.24, 2.45) is 0 Å². The third-order valence-corrected chi connectivity index (χ3v) is 3.69. The summed E-state index contributed by atoms with van der Waals surface area (Å²) in [6.07, 6.45) is 1.76. The maximum atomic E-state index is 6.12. The van der Waals surface area contributed by atoms with Crippen LogP contribution in [0.3, 0.4) is 0 Å². The van der Waals surface area contributed by atoms with Gasteiger partial charge in [0.1, 0.15) is 5.75 Å². The molecular weight excluding hydrogens is 328 g/mol. The molecule has 0 saturated carbocycles. The first-order valence-corrected chi connectivity index (χ1v) is 7.88. The number of rotatable bonds is 5. The molecule has 1 aromatic heterocycles. The average Bonchev–Trinajstić information content (AvgIpc) is 2.42. The number of nitrogens with one attached hydrogen (secondary N) is 1. The Morgan fingerprint density at radius 1 is 1.29 bits per heavy atom. The maximum absolute atomic E-state index is 6.12. The minimum Gasteiger partial charge on any atom is -0.438 e. The summed E-state index contributed by atoms with van der Waals surface area (Å²) < 4.78 is 7.07. The highest BCUT2D eigenvalue weighted by molar-refractivity contribution is 9.10. The smallest absolute Gasteiger partial charge is 0.223 e. The molecule has 21 heavy (non-hydrogen) atoms. The van der Waals surface area contributed by atoms with Crippen LogP contribution in [0.4, 0.5) is 0 Å². The monoisotopic (exact) mass is 348 g/mol. The molecule has 0 radical (unpaired) electrons. The van der Waals surface area contributed by atoms with Gasteiger partial charge in [-0.25, -0.2) is 4.98 Å². The lowest BCUT2D eigenvalue weighted by molar-refractivity contribution is 0.445. The minimum atomic E-state index is 0.406. The molecule has 0 aliphatic heterocycles. The van der Waals surface area contributed by atoms with Crippen LogP contribution in [0, 0.1) is 6.92 Å². The first-order chi connectivity index (χ1) is 10.0. The van der Waals surface area contributed by atoms with E-state index in [1.54, 1.807) is 6.20 Å². The lowest BCUT2D eigenvalue weighted by Crippen LogP contribution is -2.08. The summed E-state index contributed by atoms with van der Waals surface area (Å²) in [6, 6.07) is 8.35. The molecule has 2 rings (SSSR count).